The molecule has 0 heterocycles. The maximum Gasteiger partial charge on any atom is 0.315 e. The molecule has 1 atom stereocenters. The fourth-order valence-electron chi connectivity index (χ4n) is 4.82. The molecule has 0 aliphatic heterocycles. The van der Waals surface area contributed by atoms with Crippen LogP contribution in [0.3, 0.4) is 0 Å². The van der Waals surface area contributed by atoms with Crippen LogP contribution < -0.4 is 16.4 Å². The van der Waals surface area contributed by atoms with Crippen LogP contribution in [-0.4, -0.2) is 24.2 Å². The van der Waals surface area contributed by atoms with Gasteiger partial charge >= 0.3 is 6.03 Å². The summed E-state index contributed by atoms with van der Waals surface area (Å²) in [6.45, 7) is 2.44. The maximum atomic E-state index is 12.0. The number of rotatable bonds is 3. The van der Waals surface area contributed by atoms with E-state index in [9.17, 15) is 4.79 Å². The lowest BCUT2D eigenvalue weighted by molar-refractivity contribution is -0.0136. The van der Waals surface area contributed by atoms with Crippen molar-refractivity contribution in [2.45, 2.75) is 57.0 Å². The third kappa shape index (κ3) is 2.22. The van der Waals surface area contributed by atoms with Crippen LogP contribution in [0.25, 0.3) is 0 Å². The van der Waals surface area contributed by atoms with E-state index < -0.39 is 0 Å². The second-order valence-electron chi connectivity index (χ2n) is 6.93. The molecule has 2 amide bonds. The summed E-state index contributed by atoms with van der Waals surface area (Å²) in [5, 5.41) is 6.21. The van der Waals surface area contributed by atoms with Gasteiger partial charge in [-0.1, -0.05) is 0 Å². The minimum atomic E-state index is -0.0186. The van der Waals surface area contributed by atoms with Crippen molar-refractivity contribution in [3.8, 4) is 0 Å². The van der Waals surface area contributed by atoms with Crippen molar-refractivity contribution in [1.29, 1.82) is 0 Å². The quantitative estimate of drug-likeness (QED) is 0.713. The van der Waals surface area contributed by atoms with Crippen LogP contribution in [0.2, 0.25) is 0 Å². The monoisotopic (exact) mass is 251 g/mol. The molecule has 18 heavy (non-hydrogen) atoms. The highest BCUT2D eigenvalue weighted by Crippen LogP contribution is 2.55. The summed E-state index contributed by atoms with van der Waals surface area (Å²) in [5.41, 5.74) is 5.64. The first kappa shape index (κ1) is 12.3. The molecule has 0 aromatic rings. The van der Waals surface area contributed by atoms with Crippen molar-refractivity contribution in [1.82, 2.24) is 10.6 Å². The minimum Gasteiger partial charge on any atom is -0.334 e. The third-order valence-corrected chi connectivity index (χ3v) is 5.15. The lowest BCUT2D eigenvalue weighted by Gasteiger charge is -2.56. The van der Waals surface area contributed by atoms with E-state index >= 15 is 0 Å². The van der Waals surface area contributed by atoms with E-state index in [1.807, 2.05) is 6.92 Å². The number of carbonyl (C=O) groups is 1. The van der Waals surface area contributed by atoms with Crippen LogP contribution in [0, 0.1) is 17.8 Å². The van der Waals surface area contributed by atoms with Gasteiger partial charge in [0.1, 0.15) is 0 Å². The Bertz CT molecular complexity index is 307. The number of nitrogens with two attached hydrogens (primary N) is 1. The molecule has 102 valence electrons. The molecular weight excluding hydrogens is 226 g/mol. The lowest BCUT2D eigenvalue weighted by Crippen LogP contribution is -2.62. The van der Waals surface area contributed by atoms with Crippen LogP contribution in [0.1, 0.15) is 45.4 Å². The van der Waals surface area contributed by atoms with E-state index in [2.05, 4.69) is 10.6 Å². The molecule has 4 nitrogen and oxygen atoms in total. The first-order valence-electron chi connectivity index (χ1n) is 7.37. The standard InChI is InChI=1S/C14H25N3O/c1-9(8-15)16-13(18)17-14-5-10-2-11(6-14)4-12(3-10)7-14/h9-12H,2-8,15H2,1H3,(H2,16,17,18)/t9-,10?,11?,12?,14?/m1/s1. The molecule has 4 aliphatic rings. The fraction of sp³-hybridized carbons (Fsp3) is 0.929. The summed E-state index contributed by atoms with van der Waals surface area (Å²) >= 11 is 0. The summed E-state index contributed by atoms with van der Waals surface area (Å²) in [5.74, 6) is 2.59. The summed E-state index contributed by atoms with van der Waals surface area (Å²) in [7, 11) is 0. The SMILES string of the molecule is C[C@H](CN)NC(=O)NC12CC3CC(CC(C3)C1)C2. The highest BCUT2D eigenvalue weighted by atomic mass is 16.2. The molecular formula is C14H25N3O. The van der Waals surface area contributed by atoms with E-state index in [4.69, 9.17) is 5.73 Å². The Balaban J connectivity index is 1.63. The van der Waals surface area contributed by atoms with Crippen molar-refractivity contribution in [2.75, 3.05) is 6.54 Å². The Labute approximate surface area is 109 Å². The van der Waals surface area contributed by atoms with E-state index in [0.717, 1.165) is 17.8 Å². The second kappa shape index (κ2) is 4.41. The Hall–Kier alpha value is -0.770. The maximum absolute atomic E-state index is 12.0. The Morgan fingerprint density at radius 3 is 2.17 bits per heavy atom. The van der Waals surface area contributed by atoms with Crippen LogP contribution in [-0.2, 0) is 0 Å². The van der Waals surface area contributed by atoms with Crippen LogP contribution in [0.4, 0.5) is 4.79 Å². The van der Waals surface area contributed by atoms with Gasteiger partial charge in [-0.3, -0.25) is 0 Å². The van der Waals surface area contributed by atoms with Gasteiger partial charge in [0.2, 0.25) is 0 Å². The molecule has 0 unspecified atom stereocenters. The molecule has 4 aliphatic carbocycles. The van der Waals surface area contributed by atoms with Crippen LogP contribution >= 0.6 is 0 Å². The molecule has 0 radical (unpaired) electrons. The van der Waals surface area contributed by atoms with Crippen molar-refractivity contribution in [3.63, 3.8) is 0 Å². The topological polar surface area (TPSA) is 67.1 Å². The molecule has 4 heteroatoms. The average molecular weight is 251 g/mol. The van der Waals surface area contributed by atoms with Gasteiger partial charge in [0.25, 0.3) is 0 Å². The molecule has 0 saturated heterocycles. The van der Waals surface area contributed by atoms with Gasteiger partial charge in [-0.2, -0.15) is 0 Å². The molecule has 4 N–H and O–H groups in total. The summed E-state index contributed by atoms with van der Waals surface area (Å²) < 4.78 is 0. The third-order valence-electron chi connectivity index (χ3n) is 5.15. The van der Waals surface area contributed by atoms with E-state index in [1.54, 1.807) is 0 Å². The fourth-order valence-corrected chi connectivity index (χ4v) is 4.82. The molecule has 0 aromatic heterocycles. The highest BCUT2D eigenvalue weighted by Gasteiger charge is 2.51. The van der Waals surface area contributed by atoms with Crippen LogP contribution in [0.15, 0.2) is 0 Å². The molecule has 4 bridgehead atoms. The molecule has 4 fully saturated rings. The lowest BCUT2D eigenvalue weighted by atomic mass is 9.53. The number of urea groups is 1. The largest absolute Gasteiger partial charge is 0.334 e. The van der Waals surface area contributed by atoms with E-state index in [0.29, 0.717) is 6.54 Å². The van der Waals surface area contributed by atoms with Crippen molar-refractivity contribution in [2.24, 2.45) is 23.5 Å². The number of hydrogen-bond acceptors (Lipinski definition) is 2. The summed E-state index contributed by atoms with van der Waals surface area (Å²) in [4.78, 5) is 12.0. The second-order valence-corrected chi connectivity index (χ2v) is 6.93. The molecule has 4 rings (SSSR count). The van der Waals surface area contributed by atoms with Crippen molar-refractivity contribution in [3.05, 3.63) is 0 Å². The van der Waals surface area contributed by atoms with Gasteiger partial charge in [0.15, 0.2) is 0 Å². The predicted molar refractivity (Wildman–Crippen MR) is 71.1 cm³/mol. The van der Waals surface area contributed by atoms with Gasteiger partial charge in [-0.25, -0.2) is 4.79 Å². The van der Waals surface area contributed by atoms with Gasteiger partial charge in [-0.05, 0) is 63.2 Å². The zero-order valence-corrected chi connectivity index (χ0v) is 11.2. The van der Waals surface area contributed by atoms with E-state index in [1.165, 1.54) is 38.5 Å². The van der Waals surface area contributed by atoms with Gasteiger partial charge in [0, 0.05) is 18.1 Å². The predicted octanol–water partition coefficient (Wildman–Crippen LogP) is 1.60. The molecule has 4 saturated carbocycles. The molecule has 0 spiro atoms. The number of amides is 2. The first-order valence-corrected chi connectivity index (χ1v) is 7.37. The summed E-state index contributed by atoms with van der Waals surface area (Å²) in [6, 6.07) is 0.0359. The van der Waals surface area contributed by atoms with Crippen LogP contribution in [0.5, 0.6) is 0 Å². The Kier molecular flexibility index (Phi) is 3.00. The smallest absolute Gasteiger partial charge is 0.315 e. The van der Waals surface area contributed by atoms with Gasteiger partial charge in [0.05, 0.1) is 0 Å². The summed E-state index contributed by atoms with van der Waals surface area (Å²) in [6.07, 6.45) is 7.81. The van der Waals surface area contributed by atoms with Gasteiger partial charge < -0.3 is 16.4 Å². The van der Waals surface area contributed by atoms with E-state index in [-0.39, 0.29) is 17.6 Å². The number of nitrogens with one attached hydrogen (secondary N) is 2. The minimum absolute atomic E-state index is 0.0186. The van der Waals surface area contributed by atoms with Gasteiger partial charge in [-0.15, -0.1) is 0 Å². The highest BCUT2D eigenvalue weighted by molar-refractivity contribution is 5.75. The average Bonchev–Trinajstić information content (AvgIpc) is 2.25. The van der Waals surface area contributed by atoms with Crippen molar-refractivity contribution >= 4 is 6.03 Å². The number of hydrogen-bond donors (Lipinski definition) is 3. The first-order chi connectivity index (χ1) is 8.58. The Morgan fingerprint density at radius 1 is 1.22 bits per heavy atom. The number of carbonyl (C=O) groups excluding carboxylic acids is 1. The molecule has 0 aromatic carbocycles. The van der Waals surface area contributed by atoms with Crippen molar-refractivity contribution < 1.29 is 4.79 Å². The zero-order valence-electron chi connectivity index (χ0n) is 11.2. The Morgan fingerprint density at radius 2 is 1.72 bits per heavy atom. The zero-order chi connectivity index (χ0) is 12.8. The normalized spacial score (nSPS) is 42.7.